The molecule has 114 valence electrons. The molecule has 0 bridgehead atoms. The summed E-state index contributed by atoms with van der Waals surface area (Å²) in [4.78, 5) is 40.6. The highest BCUT2D eigenvalue weighted by Crippen LogP contribution is 2.33. The van der Waals surface area contributed by atoms with E-state index in [2.05, 4.69) is 14.5 Å². The molecule has 0 amide bonds. The monoisotopic (exact) mass is 295 g/mol. The van der Waals surface area contributed by atoms with Crippen LogP contribution < -0.4 is 10.5 Å². The van der Waals surface area contributed by atoms with E-state index in [1.807, 2.05) is 0 Å². The first-order valence-electron chi connectivity index (χ1n) is 6.52. The molecule has 1 heterocycles. The normalized spacial score (nSPS) is 13.6. The Bertz CT molecular complexity index is 576. The SMILES string of the molecule is COC(=O)CN(CC(=O)OC)c1nccn(C2CC2)c1=O. The van der Waals surface area contributed by atoms with Crippen molar-refractivity contribution < 1.29 is 19.1 Å². The number of esters is 2. The molecule has 1 aromatic heterocycles. The molecule has 0 N–H and O–H groups in total. The van der Waals surface area contributed by atoms with E-state index in [1.54, 1.807) is 10.8 Å². The summed E-state index contributed by atoms with van der Waals surface area (Å²) in [6.07, 6.45) is 4.98. The van der Waals surface area contributed by atoms with E-state index in [4.69, 9.17) is 0 Å². The molecule has 0 aromatic carbocycles. The van der Waals surface area contributed by atoms with E-state index < -0.39 is 11.9 Å². The maximum Gasteiger partial charge on any atom is 0.325 e. The van der Waals surface area contributed by atoms with E-state index in [0.29, 0.717) is 0 Å². The number of carbonyl (C=O) groups is 2. The van der Waals surface area contributed by atoms with Crippen molar-refractivity contribution in [2.75, 3.05) is 32.2 Å². The minimum Gasteiger partial charge on any atom is -0.468 e. The van der Waals surface area contributed by atoms with Gasteiger partial charge in [-0.2, -0.15) is 0 Å². The molecule has 8 heteroatoms. The third-order valence-corrected chi connectivity index (χ3v) is 3.18. The van der Waals surface area contributed by atoms with Crippen LogP contribution >= 0.6 is 0 Å². The Labute approximate surface area is 121 Å². The van der Waals surface area contributed by atoms with Gasteiger partial charge in [0.15, 0.2) is 5.82 Å². The Hall–Kier alpha value is -2.38. The molecule has 1 aliphatic rings. The summed E-state index contributed by atoms with van der Waals surface area (Å²) in [5.74, 6) is -1.09. The highest BCUT2D eigenvalue weighted by atomic mass is 16.5. The molecule has 8 nitrogen and oxygen atoms in total. The van der Waals surface area contributed by atoms with Crippen LogP contribution in [0.3, 0.4) is 0 Å². The van der Waals surface area contributed by atoms with Crippen molar-refractivity contribution >= 4 is 17.8 Å². The number of hydrogen-bond acceptors (Lipinski definition) is 7. The van der Waals surface area contributed by atoms with E-state index >= 15 is 0 Å². The standard InChI is InChI=1S/C13H17N3O5/c1-20-10(17)7-15(8-11(18)21-2)12-13(19)16(6-5-14-12)9-3-4-9/h5-6,9H,3-4,7-8H2,1-2H3. The molecule has 0 aliphatic heterocycles. The fourth-order valence-electron chi connectivity index (χ4n) is 1.92. The molecule has 1 aliphatic carbocycles. The van der Waals surface area contributed by atoms with Gasteiger partial charge in [0.05, 0.1) is 14.2 Å². The van der Waals surface area contributed by atoms with Crippen LogP contribution in [0.5, 0.6) is 0 Å². The Morgan fingerprint density at radius 1 is 1.29 bits per heavy atom. The van der Waals surface area contributed by atoms with Gasteiger partial charge in [0.1, 0.15) is 13.1 Å². The second kappa shape index (κ2) is 6.38. The number of nitrogens with zero attached hydrogens (tertiary/aromatic N) is 3. The zero-order valence-corrected chi connectivity index (χ0v) is 11.9. The number of hydrogen-bond donors (Lipinski definition) is 0. The molecule has 0 spiro atoms. The molecule has 1 saturated carbocycles. The minimum absolute atomic E-state index is 0.0419. The maximum atomic E-state index is 12.4. The average molecular weight is 295 g/mol. The molecule has 1 aromatic rings. The van der Waals surface area contributed by atoms with Crippen molar-refractivity contribution in [3.63, 3.8) is 0 Å². The lowest BCUT2D eigenvalue weighted by Gasteiger charge is -2.20. The van der Waals surface area contributed by atoms with Gasteiger partial charge in [0.25, 0.3) is 5.56 Å². The van der Waals surface area contributed by atoms with Gasteiger partial charge in [-0.15, -0.1) is 0 Å². The van der Waals surface area contributed by atoms with Gasteiger partial charge in [-0.05, 0) is 12.8 Å². The molecule has 0 unspecified atom stereocenters. The van der Waals surface area contributed by atoms with Gasteiger partial charge in [-0.1, -0.05) is 0 Å². The molecule has 21 heavy (non-hydrogen) atoms. The zero-order chi connectivity index (χ0) is 15.4. The second-order valence-corrected chi connectivity index (χ2v) is 4.70. The van der Waals surface area contributed by atoms with Crippen LogP contribution in [0.25, 0.3) is 0 Å². The lowest BCUT2D eigenvalue weighted by Crippen LogP contribution is -2.40. The molecule has 0 radical (unpaired) electrons. The van der Waals surface area contributed by atoms with Gasteiger partial charge in [0.2, 0.25) is 0 Å². The smallest absolute Gasteiger partial charge is 0.325 e. The van der Waals surface area contributed by atoms with E-state index in [0.717, 1.165) is 12.8 Å². The fourth-order valence-corrected chi connectivity index (χ4v) is 1.92. The highest BCUT2D eigenvalue weighted by Gasteiger charge is 2.27. The van der Waals surface area contributed by atoms with Gasteiger partial charge < -0.3 is 18.9 Å². The van der Waals surface area contributed by atoms with E-state index in [-0.39, 0.29) is 30.5 Å². The van der Waals surface area contributed by atoms with E-state index in [1.165, 1.54) is 25.3 Å². The van der Waals surface area contributed by atoms with Gasteiger partial charge >= 0.3 is 11.9 Å². The van der Waals surface area contributed by atoms with Crippen molar-refractivity contribution in [1.29, 1.82) is 0 Å². The fraction of sp³-hybridized carbons (Fsp3) is 0.538. The third kappa shape index (κ3) is 3.59. The maximum absolute atomic E-state index is 12.4. The molecule has 2 rings (SSSR count). The van der Waals surface area contributed by atoms with Crippen LogP contribution in [0.4, 0.5) is 5.82 Å². The van der Waals surface area contributed by atoms with Crippen LogP contribution in [0.15, 0.2) is 17.2 Å². The largest absolute Gasteiger partial charge is 0.468 e. The minimum atomic E-state index is -0.568. The summed E-state index contributed by atoms with van der Waals surface area (Å²) in [7, 11) is 2.47. The highest BCUT2D eigenvalue weighted by molar-refractivity contribution is 5.80. The predicted octanol–water partition coefficient (Wildman–Crippen LogP) is -0.269. The van der Waals surface area contributed by atoms with Crippen molar-refractivity contribution in [2.24, 2.45) is 0 Å². The first-order valence-corrected chi connectivity index (χ1v) is 6.52. The first-order chi connectivity index (χ1) is 10.1. The average Bonchev–Trinajstić information content (AvgIpc) is 3.31. The quantitative estimate of drug-likeness (QED) is 0.667. The lowest BCUT2D eigenvalue weighted by molar-refractivity contribution is -0.140. The van der Waals surface area contributed by atoms with Crippen molar-refractivity contribution in [3.8, 4) is 0 Å². The Morgan fingerprint density at radius 2 is 1.86 bits per heavy atom. The van der Waals surface area contributed by atoms with Crippen molar-refractivity contribution in [2.45, 2.75) is 18.9 Å². The predicted molar refractivity (Wildman–Crippen MR) is 73.0 cm³/mol. The topological polar surface area (TPSA) is 90.7 Å². The second-order valence-electron chi connectivity index (χ2n) is 4.70. The van der Waals surface area contributed by atoms with Crippen molar-refractivity contribution in [3.05, 3.63) is 22.7 Å². The Morgan fingerprint density at radius 3 is 2.33 bits per heavy atom. The number of rotatable bonds is 6. The third-order valence-electron chi connectivity index (χ3n) is 3.18. The zero-order valence-electron chi connectivity index (χ0n) is 11.9. The summed E-state index contributed by atoms with van der Waals surface area (Å²) in [5, 5.41) is 0. The summed E-state index contributed by atoms with van der Waals surface area (Å²) >= 11 is 0. The number of aromatic nitrogens is 2. The number of ether oxygens (including phenoxy) is 2. The molecular weight excluding hydrogens is 278 g/mol. The summed E-state index contributed by atoms with van der Waals surface area (Å²) in [5.41, 5.74) is -0.326. The summed E-state index contributed by atoms with van der Waals surface area (Å²) in [6.45, 7) is -0.495. The Balaban J connectivity index is 2.30. The number of anilines is 1. The van der Waals surface area contributed by atoms with Crippen LogP contribution in [-0.2, 0) is 19.1 Å². The number of carbonyl (C=O) groups excluding carboxylic acids is 2. The summed E-state index contributed by atoms with van der Waals surface area (Å²) in [6, 6.07) is 0.178. The molecule has 0 saturated heterocycles. The van der Waals surface area contributed by atoms with Gasteiger partial charge in [-0.3, -0.25) is 14.4 Å². The van der Waals surface area contributed by atoms with E-state index in [9.17, 15) is 14.4 Å². The Kier molecular flexibility index (Phi) is 4.56. The number of methoxy groups -OCH3 is 2. The first kappa shape index (κ1) is 15.0. The van der Waals surface area contributed by atoms with Crippen LogP contribution in [-0.4, -0.2) is 48.8 Å². The molecular formula is C13H17N3O5. The van der Waals surface area contributed by atoms with Gasteiger partial charge in [-0.25, -0.2) is 4.98 Å². The van der Waals surface area contributed by atoms with Gasteiger partial charge in [0, 0.05) is 18.4 Å². The molecule has 0 atom stereocenters. The molecule has 1 fully saturated rings. The van der Waals surface area contributed by atoms with Crippen LogP contribution in [0.2, 0.25) is 0 Å². The summed E-state index contributed by atoms with van der Waals surface area (Å²) < 4.78 is 10.7. The van der Waals surface area contributed by atoms with Crippen LogP contribution in [0, 0.1) is 0 Å². The lowest BCUT2D eigenvalue weighted by atomic mass is 10.4. The van der Waals surface area contributed by atoms with Crippen LogP contribution in [0.1, 0.15) is 18.9 Å². The van der Waals surface area contributed by atoms with Crippen molar-refractivity contribution in [1.82, 2.24) is 9.55 Å².